The number of hydrogen-bond donors (Lipinski definition) is 0. The van der Waals surface area contributed by atoms with Crippen LogP contribution in [0.1, 0.15) is 54.4 Å². The standard InChI is InChI=1S/C12H24O2/c1-7-10(4)11(13)14-12(5,6)8-9(2)3/h9-10H,7-8H2,1-6H3. The van der Waals surface area contributed by atoms with Crippen molar-refractivity contribution in [3.8, 4) is 0 Å². The maximum absolute atomic E-state index is 11.5. The zero-order valence-electron chi connectivity index (χ0n) is 10.4. The molecule has 0 aromatic rings. The Balaban J connectivity index is 4.14. The first-order valence-corrected chi connectivity index (χ1v) is 5.51. The van der Waals surface area contributed by atoms with Gasteiger partial charge in [0.25, 0.3) is 0 Å². The van der Waals surface area contributed by atoms with Crippen molar-refractivity contribution in [2.45, 2.75) is 60.0 Å². The number of esters is 1. The van der Waals surface area contributed by atoms with Gasteiger partial charge >= 0.3 is 5.97 Å². The first-order chi connectivity index (χ1) is 6.28. The molecule has 0 aliphatic heterocycles. The first-order valence-electron chi connectivity index (χ1n) is 5.51. The van der Waals surface area contributed by atoms with E-state index in [1.54, 1.807) is 0 Å². The smallest absolute Gasteiger partial charge is 0.309 e. The third-order valence-corrected chi connectivity index (χ3v) is 2.29. The van der Waals surface area contributed by atoms with Gasteiger partial charge < -0.3 is 4.74 Å². The molecular formula is C12H24O2. The average molecular weight is 200 g/mol. The second kappa shape index (κ2) is 5.38. The van der Waals surface area contributed by atoms with E-state index in [1.165, 1.54) is 0 Å². The number of ether oxygens (including phenoxy) is 1. The highest BCUT2D eigenvalue weighted by molar-refractivity contribution is 5.72. The summed E-state index contributed by atoms with van der Waals surface area (Å²) in [5.74, 6) is 0.495. The topological polar surface area (TPSA) is 26.3 Å². The molecule has 0 fully saturated rings. The molecule has 0 radical (unpaired) electrons. The number of hydrogen-bond acceptors (Lipinski definition) is 2. The fraction of sp³-hybridized carbons (Fsp3) is 0.917. The summed E-state index contributed by atoms with van der Waals surface area (Å²) in [4.78, 5) is 11.5. The van der Waals surface area contributed by atoms with Gasteiger partial charge in [-0.2, -0.15) is 0 Å². The Morgan fingerprint density at radius 1 is 1.29 bits per heavy atom. The highest BCUT2D eigenvalue weighted by Crippen LogP contribution is 2.22. The maximum atomic E-state index is 11.5. The summed E-state index contributed by atoms with van der Waals surface area (Å²) in [6.45, 7) is 12.1. The Hall–Kier alpha value is -0.530. The van der Waals surface area contributed by atoms with E-state index in [1.807, 2.05) is 27.7 Å². The van der Waals surface area contributed by atoms with Crippen LogP contribution < -0.4 is 0 Å². The molecule has 0 aromatic heterocycles. The molecule has 0 aliphatic carbocycles. The molecule has 0 spiro atoms. The van der Waals surface area contributed by atoms with Gasteiger partial charge in [0.05, 0.1) is 5.92 Å². The molecule has 0 rings (SSSR count). The number of carbonyl (C=O) groups excluding carboxylic acids is 1. The van der Waals surface area contributed by atoms with Gasteiger partial charge in [0.1, 0.15) is 5.60 Å². The molecule has 0 saturated heterocycles. The largest absolute Gasteiger partial charge is 0.459 e. The van der Waals surface area contributed by atoms with Gasteiger partial charge in [-0.15, -0.1) is 0 Å². The van der Waals surface area contributed by atoms with Crippen molar-refractivity contribution in [1.29, 1.82) is 0 Å². The zero-order valence-corrected chi connectivity index (χ0v) is 10.4. The maximum Gasteiger partial charge on any atom is 0.309 e. The summed E-state index contributed by atoms with van der Waals surface area (Å²) in [5, 5.41) is 0. The van der Waals surface area contributed by atoms with E-state index in [0.29, 0.717) is 5.92 Å². The molecule has 0 aromatic carbocycles. The summed E-state index contributed by atoms with van der Waals surface area (Å²) in [6.07, 6.45) is 1.76. The van der Waals surface area contributed by atoms with Gasteiger partial charge in [-0.25, -0.2) is 0 Å². The van der Waals surface area contributed by atoms with Crippen LogP contribution in [-0.2, 0) is 9.53 Å². The summed E-state index contributed by atoms with van der Waals surface area (Å²) < 4.78 is 5.46. The molecule has 0 heterocycles. The molecule has 2 heteroatoms. The van der Waals surface area contributed by atoms with Gasteiger partial charge in [-0.3, -0.25) is 4.79 Å². The van der Waals surface area contributed by atoms with Crippen molar-refractivity contribution in [2.75, 3.05) is 0 Å². The van der Waals surface area contributed by atoms with Crippen molar-refractivity contribution < 1.29 is 9.53 Å². The fourth-order valence-corrected chi connectivity index (χ4v) is 1.56. The van der Waals surface area contributed by atoms with E-state index in [-0.39, 0.29) is 17.5 Å². The van der Waals surface area contributed by atoms with Crippen molar-refractivity contribution in [3.05, 3.63) is 0 Å². The number of carbonyl (C=O) groups is 1. The van der Waals surface area contributed by atoms with E-state index in [9.17, 15) is 4.79 Å². The van der Waals surface area contributed by atoms with Crippen molar-refractivity contribution >= 4 is 5.97 Å². The summed E-state index contributed by atoms with van der Waals surface area (Å²) >= 11 is 0. The van der Waals surface area contributed by atoms with Gasteiger partial charge in [0.15, 0.2) is 0 Å². The van der Waals surface area contributed by atoms with E-state index in [0.717, 1.165) is 12.8 Å². The first kappa shape index (κ1) is 13.5. The Morgan fingerprint density at radius 2 is 1.79 bits per heavy atom. The molecule has 1 atom stereocenters. The Bertz CT molecular complexity index is 183. The van der Waals surface area contributed by atoms with E-state index >= 15 is 0 Å². The second-order valence-electron chi connectivity index (χ2n) is 5.09. The normalized spacial score (nSPS) is 14.2. The van der Waals surface area contributed by atoms with Gasteiger partial charge in [0, 0.05) is 0 Å². The predicted molar refractivity (Wildman–Crippen MR) is 59.1 cm³/mol. The predicted octanol–water partition coefficient (Wildman–Crippen LogP) is 3.40. The molecule has 0 aliphatic rings. The van der Waals surface area contributed by atoms with E-state index in [4.69, 9.17) is 4.74 Å². The minimum Gasteiger partial charge on any atom is -0.459 e. The molecule has 2 nitrogen and oxygen atoms in total. The molecule has 0 saturated carbocycles. The third kappa shape index (κ3) is 5.25. The van der Waals surface area contributed by atoms with Crippen LogP contribution >= 0.6 is 0 Å². The molecule has 0 amide bonds. The molecule has 0 bridgehead atoms. The van der Waals surface area contributed by atoms with Gasteiger partial charge in [0.2, 0.25) is 0 Å². The SMILES string of the molecule is CCC(C)C(=O)OC(C)(C)CC(C)C. The van der Waals surface area contributed by atoms with Crippen LogP contribution in [0, 0.1) is 11.8 Å². The molecule has 84 valence electrons. The average Bonchev–Trinajstić information content (AvgIpc) is 1.99. The van der Waals surface area contributed by atoms with Crippen LogP contribution in [0.3, 0.4) is 0 Å². The van der Waals surface area contributed by atoms with Crippen molar-refractivity contribution in [1.82, 2.24) is 0 Å². The minimum atomic E-state index is -0.325. The highest BCUT2D eigenvalue weighted by atomic mass is 16.6. The quantitative estimate of drug-likeness (QED) is 0.636. The Morgan fingerprint density at radius 3 is 2.14 bits per heavy atom. The van der Waals surface area contributed by atoms with Gasteiger partial charge in [-0.1, -0.05) is 27.7 Å². The monoisotopic (exact) mass is 200 g/mol. The van der Waals surface area contributed by atoms with Crippen molar-refractivity contribution in [2.24, 2.45) is 11.8 Å². The highest BCUT2D eigenvalue weighted by Gasteiger charge is 2.25. The summed E-state index contributed by atoms with van der Waals surface area (Å²) in [7, 11) is 0. The fourth-order valence-electron chi connectivity index (χ4n) is 1.56. The molecular weight excluding hydrogens is 176 g/mol. The van der Waals surface area contributed by atoms with Gasteiger partial charge in [-0.05, 0) is 32.6 Å². The Labute approximate surface area is 88.0 Å². The lowest BCUT2D eigenvalue weighted by Crippen LogP contribution is -2.32. The van der Waals surface area contributed by atoms with Crippen LogP contribution in [0.2, 0.25) is 0 Å². The van der Waals surface area contributed by atoms with E-state index < -0.39 is 0 Å². The van der Waals surface area contributed by atoms with Crippen LogP contribution in [0.4, 0.5) is 0 Å². The van der Waals surface area contributed by atoms with Crippen LogP contribution in [0.5, 0.6) is 0 Å². The lowest BCUT2D eigenvalue weighted by atomic mass is 9.96. The Kier molecular flexibility index (Phi) is 5.17. The molecule has 1 unspecified atom stereocenters. The summed E-state index contributed by atoms with van der Waals surface area (Å²) in [6, 6.07) is 0. The lowest BCUT2D eigenvalue weighted by molar-refractivity contribution is -0.162. The second-order valence-corrected chi connectivity index (χ2v) is 5.09. The van der Waals surface area contributed by atoms with Crippen LogP contribution in [-0.4, -0.2) is 11.6 Å². The van der Waals surface area contributed by atoms with E-state index in [2.05, 4.69) is 13.8 Å². The zero-order chi connectivity index (χ0) is 11.4. The molecule has 0 N–H and O–H groups in total. The lowest BCUT2D eigenvalue weighted by Gasteiger charge is -2.28. The number of rotatable bonds is 5. The summed E-state index contributed by atoms with van der Waals surface area (Å²) in [5.41, 5.74) is -0.325. The van der Waals surface area contributed by atoms with Crippen molar-refractivity contribution in [3.63, 3.8) is 0 Å². The molecule has 14 heavy (non-hydrogen) atoms. The van der Waals surface area contributed by atoms with Crippen LogP contribution in [0.15, 0.2) is 0 Å². The third-order valence-electron chi connectivity index (χ3n) is 2.29. The minimum absolute atomic E-state index is 0.0152. The van der Waals surface area contributed by atoms with Crippen LogP contribution in [0.25, 0.3) is 0 Å².